The number of piperidine rings is 1. The van der Waals surface area contributed by atoms with Gasteiger partial charge in [-0.1, -0.05) is 0 Å². The van der Waals surface area contributed by atoms with Gasteiger partial charge in [-0.2, -0.15) is 0 Å². The first-order valence-corrected chi connectivity index (χ1v) is 6.92. The average molecular weight is 279 g/mol. The topological polar surface area (TPSA) is 81.6 Å². The molecule has 1 aromatic rings. The minimum absolute atomic E-state index is 0.0199. The van der Waals surface area contributed by atoms with Crippen LogP contribution in [0.3, 0.4) is 0 Å². The van der Waals surface area contributed by atoms with Gasteiger partial charge in [0, 0.05) is 37.0 Å². The molecule has 0 bridgehead atoms. The van der Waals surface area contributed by atoms with Crippen LogP contribution < -0.4 is 15.4 Å². The molecule has 1 aliphatic heterocycles. The van der Waals surface area contributed by atoms with Crippen molar-refractivity contribution in [3.05, 3.63) is 28.3 Å². The Labute approximate surface area is 118 Å². The molecule has 0 aliphatic carbocycles. The monoisotopic (exact) mass is 279 g/mol. The zero-order chi connectivity index (χ0) is 14.7. The summed E-state index contributed by atoms with van der Waals surface area (Å²) < 4.78 is 5.60. The number of nitro benzene ring substituents is 1. The Bertz CT molecular complexity index is 491. The van der Waals surface area contributed by atoms with Crippen molar-refractivity contribution in [2.24, 2.45) is 5.73 Å². The van der Waals surface area contributed by atoms with Gasteiger partial charge in [0.05, 0.1) is 17.1 Å². The summed E-state index contributed by atoms with van der Waals surface area (Å²) in [7, 11) is 0. The minimum atomic E-state index is -0.388. The van der Waals surface area contributed by atoms with Crippen LogP contribution >= 0.6 is 0 Å². The maximum absolute atomic E-state index is 11.0. The molecule has 2 N–H and O–H groups in total. The number of nitrogens with two attached hydrogens (primary N) is 1. The van der Waals surface area contributed by atoms with E-state index in [-0.39, 0.29) is 22.8 Å². The SMILES string of the molecule is CC(C)Oc1cc(N2CCC[C@@H](N)C2)cc([N+](=O)[O-])c1. The van der Waals surface area contributed by atoms with Crippen LogP contribution in [-0.4, -0.2) is 30.2 Å². The predicted molar refractivity (Wildman–Crippen MR) is 78.3 cm³/mol. The van der Waals surface area contributed by atoms with Crippen molar-refractivity contribution in [2.75, 3.05) is 18.0 Å². The lowest BCUT2D eigenvalue weighted by Gasteiger charge is -2.32. The third kappa shape index (κ3) is 3.60. The number of rotatable bonds is 4. The standard InChI is InChI=1S/C14H21N3O3/c1-10(2)20-14-7-12(6-13(8-14)17(18)19)16-5-3-4-11(15)9-16/h6-8,10-11H,3-5,9,15H2,1-2H3/t11-/m1/s1. The predicted octanol–water partition coefficient (Wildman–Crippen LogP) is 2.31. The number of hydrogen-bond donors (Lipinski definition) is 1. The first-order valence-electron chi connectivity index (χ1n) is 6.92. The zero-order valence-electron chi connectivity index (χ0n) is 11.9. The Balaban J connectivity index is 2.30. The van der Waals surface area contributed by atoms with E-state index in [9.17, 15) is 10.1 Å². The average Bonchev–Trinajstić information content (AvgIpc) is 2.37. The lowest BCUT2D eigenvalue weighted by molar-refractivity contribution is -0.384. The zero-order valence-corrected chi connectivity index (χ0v) is 11.9. The molecular weight excluding hydrogens is 258 g/mol. The fraction of sp³-hybridized carbons (Fsp3) is 0.571. The van der Waals surface area contributed by atoms with Crippen molar-refractivity contribution in [2.45, 2.75) is 38.8 Å². The van der Waals surface area contributed by atoms with Gasteiger partial charge < -0.3 is 15.4 Å². The van der Waals surface area contributed by atoms with Gasteiger partial charge in [0.1, 0.15) is 5.75 Å². The second-order valence-corrected chi connectivity index (χ2v) is 5.46. The third-order valence-corrected chi connectivity index (χ3v) is 3.28. The van der Waals surface area contributed by atoms with Crippen LogP contribution in [0.1, 0.15) is 26.7 Å². The van der Waals surface area contributed by atoms with Crippen molar-refractivity contribution in [1.82, 2.24) is 0 Å². The van der Waals surface area contributed by atoms with Gasteiger partial charge in [-0.05, 0) is 26.7 Å². The molecule has 2 rings (SSSR count). The van der Waals surface area contributed by atoms with E-state index in [1.807, 2.05) is 19.9 Å². The molecule has 1 fully saturated rings. The molecule has 0 aromatic heterocycles. The summed E-state index contributed by atoms with van der Waals surface area (Å²) >= 11 is 0. The van der Waals surface area contributed by atoms with E-state index in [4.69, 9.17) is 10.5 Å². The van der Waals surface area contributed by atoms with Gasteiger partial charge >= 0.3 is 0 Å². The summed E-state index contributed by atoms with van der Waals surface area (Å²) in [6.45, 7) is 5.39. The first kappa shape index (κ1) is 14.6. The van der Waals surface area contributed by atoms with E-state index in [0.29, 0.717) is 5.75 Å². The van der Waals surface area contributed by atoms with Crippen LogP contribution in [0, 0.1) is 10.1 Å². The summed E-state index contributed by atoms with van der Waals surface area (Å²) in [6.07, 6.45) is 1.99. The molecular formula is C14H21N3O3. The van der Waals surface area contributed by atoms with Crippen molar-refractivity contribution < 1.29 is 9.66 Å². The number of nitrogens with zero attached hydrogens (tertiary/aromatic N) is 2. The molecule has 0 radical (unpaired) electrons. The first-order chi connectivity index (χ1) is 9.45. The fourth-order valence-electron chi connectivity index (χ4n) is 2.44. The molecule has 20 heavy (non-hydrogen) atoms. The molecule has 1 atom stereocenters. The third-order valence-electron chi connectivity index (χ3n) is 3.28. The smallest absolute Gasteiger partial charge is 0.275 e. The second-order valence-electron chi connectivity index (χ2n) is 5.46. The summed E-state index contributed by atoms with van der Waals surface area (Å²) in [5.41, 5.74) is 6.84. The number of hydrogen-bond acceptors (Lipinski definition) is 5. The van der Waals surface area contributed by atoms with Crippen LogP contribution in [0.5, 0.6) is 5.75 Å². The molecule has 1 heterocycles. The normalized spacial score (nSPS) is 19.2. The highest BCUT2D eigenvalue weighted by Crippen LogP contribution is 2.30. The van der Waals surface area contributed by atoms with Crippen LogP contribution in [-0.2, 0) is 0 Å². The molecule has 110 valence electrons. The quantitative estimate of drug-likeness (QED) is 0.675. The van der Waals surface area contributed by atoms with E-state index < -0.39 is 0 Å². The van der Waals surface area contributed by atoms with Crippen LogP contribution in [0.15, 0.2) is 18.2 Å². The van der Waals surface area contributed by atoms with Gasteiger partial charge in [0.25, 0.3) is 5.69 Å². The van der Waals surface area contributed by atoms with Crippen LogP contribution in [0.4, 0.5) is 11.4 Å². The van der Waals surface area contributed by atoms with Gasteiger partial charge in [-0.25, -0.2) is 0 Å². The molecule has 1 aliphatic rings. The van der Waals surface area contributed by atoms with E-state index >= 15 is 0 Å². The molecule has 1 saturated heterocycles. The summed E-state index contributed by atoms with van der Waals surface area (Å²) in [5.74, 6) is 0.531. The van der Waals surface area contributed by atoms with Crippen molar-refractivity contribution >= 4 is 11.4 Å². The fourth-order valence-corrected chi connectivity index (χ4v) is 2.44. The Morgan fingerprint density at radius 3 is 2.80 bits per heavy atom. The van der Waals surface area contributed by atoms with Crippen LogP contribution in [0.25, 0.3) is 0 Å². The summed E-state index contributed by atoms with van der Waals surface area (Å²) in [6, 6.07) is 5.03. The van der Waals surface area contributed by atoms with Gasteiger partial charge in [0.2, 0.25) is 0 Å². The maximum atomic E-state index is 11.0. The lowest BCUT2D eigenvalue weighted by atomic mass is 10.1. The van der Waals surface area contributed by atoms with Crippen LogP contribution in [0.2, 0.25) is 0 Å². The van der Waals surface area contributed by atoms with E-state index in [0.717, 1.165) is 31.6 Å². The maximum Gasteiger partial charge on any atom is 0.275 e. The van der Waals surface area contributed by atoms with E-state index in [1.165, 1.54) is 6.07 Å². The largest absolute Gasteiger partial charge is 0.491 e. The second kappa shape index (κ2) is 6.09. The molecule has 0 saturated carbocycles. The van der Waals surface area contributed by atoms with Crippen molar-refractivity contribution in [3.8, 4) is 5.75 Å². The number of anilines is 1. The number of non-ortho nitro benzene ring substituents is 1. The Morgan fingerprint density at radius 1 is 1.45 bits per heavy atom. The highest BCUT2D eigenvalue weighted by atomic mass is 16.6. The van der Waals surface area contributed by atoms with Gasteiger partial charge in [-0.3, -0.25) is 10.1 Å². The molecule has 0 spiro atoms. The van der Waals surface area contributed by atoms with E-state index in [2.05, 4.69) is 4.90 Å². The highest BCUT2D eigenvalue weighted by Gasteiger charge is 2.20. The number of benzene rings is 1. The number of nitro groups is 1. The molecule has 1 aromatic carbocycles. The van der Waals surface area contributed by atoms with Gasteiger partial charge in [-0.15, -0.1) is 0 Å². The Kier molecular flexibility index (Phi) is 4.44. The Morgan fingerprint density at radius 2 is 2.20 bits per heavy atom. The highest BCUT2D eigenvalue weighted by molar-refractivity contribution is 5.58. The molecule has 6 heteroatoms. The van der Waals surface area contributed by atoms with Crippen molar-refractivity contribution in [3.63, 3.8) is 0 Å². The molecule has 6 nitrogen and oxygen atoms in total. The van der Waals surface area contributed by atoms with E-state index in [1.54, 1.807) is 6.07 Å². The molecule has 0 amide bonds. The molecule has 0 unspecified atom stereocenters. The lowest BCUT2D eigenvalue weighted by Crippen LogP contribution is -2.42. The van der Waals surface area contributed by atoms with Gasteiger partial charge in [0.15, 0.2) is 0 Å². The summed E-state index contributed by atoms with van der Waals surface area (Å²) in [4.78, 5) is 12.7. The Hall–Kier alpha value is -1.82. The minimum Gasteiger partial charge on any atom is -0.491 e. The van der Waals surface area contributed by atoms with Crippen molar-refractivity contribution in [1.29, 1.82) is 0 Å². The number of ether oxygens (including phenoxy) is 1. The summed E-state index contributed by atoms with van der Waals surface area (Å²) in [5, 5.41) is 11.0.